The lowest BCUT2D eigenvalue weighted by molar-refractivity contribution is 0.546. The fourth-order valence-electron chi connectivity index (χ4n) is 1.83. The van der Waals surface area contributed by atoms with Crippen LogP contribution in [0.25, 0.3) is 0 Å². The Bertz CT molecular complexity index is 618. The van der Waals surface area contributed by atoms with Gasteiger partial charge in [0.2, 0.25) is 0 Å². The molecule has 0 atom stereocenters. The van der Waals surface area contributed by atoms with Gasteiger partial charge < -0.3 is 10.7 Å². The zero-order valence-corrected chi connectivity index (χ0v) is 12.9. The van der Waals surface area contributed by atoms with Crippen LogP contribution >= 0.6 is 0 Å². The molecule has 0 aliphatic carbocycles. The third-order valence-electron chi connectivity index (χ3n) is 3.14. The first-order valence-electron chi connectivity index (χ1n) is 6.89. The van der Waals surface area contributed by atoms with Gasteiger partial charge in [-0.3, -0.25) is 4.98 Å². The molecule has 0 radical (unpaired) electrons. The molecule has 6 heteroatoms. The van der Waals surface area contributed by atoms with Crippen molar-refractivity contribution in [1.82, 2.24) is 15.0 Å². The molecule has 0 unspecified atom stereocenters. The zero-order valence-electron chi connectivity index (χ0n) is 12.9. The average molecular weight is 286 g/mol. The second kappa shape index (κ2) is 6.05. The molecule has 6 nitrogen and oxygen atoms in total. The van der Waals surface area contributed by atoms with Gasteiger partial charge in [0.1, 0.15) is 17.5 Å². The minimum Gasteiger partial charge on any atom is -0.366 e. The van der Waals surface area contributed by atoms with E-state index in [2.05, 4.69) is 46.5 Å². The van der Waals surface area contributed by atoms with E-state index in [4.69, 9.17) is 5.84 Å². The number of anilines is 2. The van der Waals surface area contributed by atoms with Gasteiger partial charge in [0.25, 0.3) is 0 Å². The van der Waals surface area contributed by atoms with Crippen molar-refractivity contribution in [2.24, 2.45) is 5.84 Å². The Morgan fingerprint density at radius 1 is 1.19 bits per heavy atom. The van der Waals surface area contributed by atoms with Crippen LogP contribution in [0.1, 0.15) is 37.7 Å². The second-order valence-electron chi connectivity index (χ2n) is 6.01. The largest absolute Gasteiger partial charge is 0.366 e. The summed E-state index contributed by atoms with van der Waals surface area (Å²) in [5.74, 6) is 7.58. The van der Waals surface area contributed by atoms with E-state index in [1.54, 1.807) is 12.3 Å². The summed E-state index contributed by atoms with van der Waals surface area (Å²) in [5, 5.41) is 3.31. The molecular weight excluding hydrogens is 264 g/mol. The summed E-state index contributed by atoms with van der Waals surface area (Å²) in [5.41, 5.74) is 4.77. The zero-order chi connectivity index (χ0) is 15.5. The SMILES string of the molecule is Cc1cnccc1CNc1cc(NN)nc(C(C)(C)C)n1. The molecule has 4 N–H and O–H groups in total. The second-order valence-corrected chi connectivity index (χ2v) is 6.01. The maximum absolute atomic E-state index is 5.49. The van der Waals surface area contributed by atoms with Gasteiger partial charge in [-0.1, -0.05) is 20.8 Å². The number of pyridine rings is 1. The monoisotopic (exact) mass is 286 g/mol. The lowest BCUT2D eigenvalue weighted by Crippen LogP contribution is -2.20. The fraction of sp³-hybridized carbons (Fsp3) is 0.400. The highest BCUT2D eigenvalue weighted by molar-refractivity contribution is 5.48. The molecule has 21 heavy (non-hydrogen) atoms. The van der Waals surface area contributed by atoms with Crippen molar-refractivity contribution in [3.05, 3.63) is 41.5 Å². The highest BCUT2D eigenvalue weighted by atomic mass is 15.3. The summed E-state index contributed by atoms with van der Waals surface area (Å²) >= 11 is 0. The van der Waals surface area contributed by atoms with E-state index < -0.39 is 0 Å². The number of nitrogen functional groups attached to an aromatic ring is 1. The Labute approximate surface area is 125 Å². The van der Waals surface area contributed by atoms with Gasteiger partial charge in [-0.2, -0.15) is 0 Å². The van der Waals surface area contributed by atoms with Crippen LogP contribution in [0.15, 0.2) is 24.5 Å². The van der Waals surface area contributed by atoms with Crippen LogP contribution in [0.5, 0.6) is 0 Å². The quantitative estimate of drug-likeness (QED) is 0.590. The number of nitrogens with zero attached hydrogens (tertiary/aromatic N) is 3. The molecule has 2 aromatic heterocycles. The molecule has 2 heterocycles. The first-order chi connectivity index (χ1) is 9.90. The summed E-state index contributed by atoms with van der Waals surface area (Å²) in [6.45, 7) is 8.93. The predicted molar refractivity (Wildman–Crippen MR) is 84.8 cm³/mol. The van der Waals surface area contributed by atoms with Crippen molar-refractivity contribution in [2.45, 2.75) is 39.7 Å². The lowest BCUT2D eigenvalue weighted by atomic mass is 9.96. The minimum atomic E-state index is -0.143. The van der Waals surface area contributed by atoms with E-state index in [9.17, 15) is 0 Å². The van der Waals surface area contributed by atoms with Gasteiger partial charge >= 0.3 is 0 Å². The first-order valence-corrected chi connectivity index (χ1v) is 6.89. The first kappa shape index (κ1) is 15.2. The summed E-state index contributed by atoms with van der Waals surface area (Å²) in [6, 6.07) is 3.79. The normalized spacial score (nSPS) is 11.3. The highest BCUT2D eigenvalue weighted by Crippen LogP contribution is 2.22. The van der Waals surface area contributed by atoms with E-state index in [1.165, 1.54) is 5.56 Å². The van der Waals surface area contributed by atoms with Crippen LogP contribution in [-0.2, 0) is 12.0 Å². The van der Waals surface area contributed by atoms with Crippen molar-refractivity contribution in [1.29, 1.82) is 0 Å². The number of nitrogens with two attached hydrogens (primary N) is 1. The number of aromatic nitrogens is 3. The van der Waals surface area contributed by atoms with Crippen molar-refractivity contribution < 1.29 is 0 Å². The van der Waals surface area contributed by atoms with Crippen LogP contribution in [0.4, 0.5) is 11.6 Å². The Balaban J connectivity index is 2.22. The molecule has 0 amide bonds. The smallest absolute Gasteiger partial charge is 0.145 e. The molecule has 0 saturated heterocycles. The van der Waals surface area contributed by atoms with Gasteiger partial charge in [-0.15, -0.1) is 0 Å². The van der Waals surface area contributed by atoms with E-state index >= 15 is 0 Å². The van der Waals surface area contributed by atoms with E-state index in [0.717, 1.165) is 17.2 Å². The summed E-state index contributed by atoms with van der Waals surface area (Å²) in [7, 11) is 0. The van der Waals surface area contributed by atoms with Crippen molar-refractivity contribution in [2.75, 3.05) is 10.7 Å². The standard InChI is InChI=1S/C15H22N6/c1-10-8-17-6-5-11(10)9-18-12-7-13(21-16)20-14(19-12)15(2,3)4/h5-8H,9,16H2,1-4H3,(H2,18,19,20,21). The third-order valence-corrected chi connectivity index (χ3v) is 3.14. The molecule has 112 valence electrons. The Morgan fingerprint density at radius 2 is 1.90 bits per heavy atom. The maximum atomic E-state index is 5.49. The van der Waals surface area contributed by atoms with Gasteiger partial charge in [-0.25, -0.2) is 15.8 Å². The van der Waals surface area contributed by atoms with E-state index in [0.29, 0.717) is 12.4 Å². The molecule has 2 aromatic rings. The molecule has 0 spiro atoms. The molecule has 2 rings (SSSR count). The van der Waals surface area contributed by atoms with Crippen LogP contribution < -0.4 is 16.6 Å². The minimum absolute atomic E-state index is 0.143. The number of rotatable bonds is 4. The summed E-state index contributed by atoms with van der Waals surface area (Å²) in [6.07, 6.45) is 3.64. The van der Waals surface area contributed by atoms with Gasteiger partial charge in [0.15, 0.2) is 0 Å². The molecule has 0 fully saturated rings. The number of aryl methyl sites for hydroxylation is 1. The molecule has 0 bridgehead atoms. The number of hydrogen-bond donors (Lipinski definition) is 3. The average Bonchev–Trinajstić information content (AvgIpc) is 2.45. The summed E-state index contributed by atoms with van der Waals surface area (Å²) < 4.78 is 0. The van der Waals surface area contributed by atoms with Crippen LogP contribution in [0.3, 0.4) is 0 Å². The van der Waals surface area contributed by atoms with Crippen molar-refractivity contribution in [3.63, 3.8) is 0 Å². The Hall–Kier alpha value is -2.21. The Kier molecular flexibility index (Phi) is 4.37. The summed E-state index contributed by atoms with van der Waals surface area (Å²) in [4.78, 5) is 13.1. The van der Waals surface area contributed by atoms with Crippen LogP contribution in [-0.4, -0.2) is 15.0 Å². The Morgan fingerprint density at radius 3 is 2.52 bits per heavy atom. The predicted octanol–water partition coefficient (Wildman–Crippen LogP) is 2.38. The van der Waals surface area contributed by atoms with Crippen molar-refractivity contribution >= 4 is 11.6 Å². The van der Waals surface area contributed by atoms with Gasteiger partial charge in [-0.05, 0) is 24.1 Å². The molecule has 0 aliphatic rings. The molecule has 0 saturated carbocycles. The molecule has 0 aromatic carbocycles. The number of nitrogens with one attached hydrogen (secondary N) is 2. The van der Waals surface area contributed by atoms with E-state index in [-0.39, 0.29) is 5.41 Å². The van der Waals surface area contributed by atoms with E-state index in [1.807, 2.05) is 19.2 Å². The highest BCUT2D eigenvalue weighted by Gasteiger charge is 2.19. The van der Waals surface area contributed by atoms with Gasteiger partial charge in [0, 0.05) is 30.4 Å². The van der Waals surface area contributed by atoms with Crippen LogP contribution in [0, 0.1) is 6.92 Å². The van der Waals surface area contributed by atoms with Gasteiger partial charge in [0.05, 0.1) is 0 Å². The molecule has 0 aliphatic heterocycles. The topological polar surface area (TPSA) is 88.8 Å². The maximum Gasteiger partial charge on any atom is 0.145 e. The van der Waals surface area contributed by atoms with Crippen molar-refractivity contribution in [3.8, 4) is 0 Å². The third kappa shape index (κ3) is 3.88. The lowest BCUT2D eigenvalue weighted by Gasteiger charge is -2.19. The fourth-order valence-corrected chi connectivity index (χ4v) is 1.83. The van der Waals surface area contributed by atoms with Crippen LogP contribution in [0.2, 0.25) is 0 Å². The number of hydrogen-bond acceptors (Lipinski definition) is 6. The number of hydrazine groups is 1. The molecular formula is C15H22N6.